The summed E-state index contributed by atoms with van der Waals surface area (Å²) in [6, 6.07) is 9.45. The number of ether oxygens (including phenoxy) is 1. The fraction of sp³-hybridized carbons (Fsp3) is 0.214. The molecule has 4 nitrogen and oxygen atoms in total. The number of halogens is 1. The Labute approximate surface area is 121 Å². The maximum absolute atomic E-state index is 5.79. The van der Waals surface area contributed by atoms with Crippen LogP contribution in [0.1, 0.15) is 5.56 Å². The second-order valence-corrected chi connectivity index (χ2v) is 4.99. The molecule has 0 saturated heterocycles. The van der Waals surface area contributed by atoms with Gasteiger partial charge < -0.3 is 15.8 Å². The molecule has 0 saturated carbocycles. The highest BCUT2D eigenvalue weighted by atomic mass is 79.9. The van der Waals surface area contributed by atoms with Gasteiger partial charge >= 0.3 is 0 Å². The van der Waals surface area contributed by atoms with Gasteiger partial charge in [0.05, 0.1) is 12.2 Å². The van der Waals surface area contributed by atoms with Gasteiger partial charge in [-0.3, -0.25) is 0 Å². The molecule has 0 atom stereocenters. The first-order valence-corrected chi connectivity index (χ1v) is 6.79. The molecule has 1 aromatic heterocycles. The SMILES string of the molecule is Cc1cc(NCCOc2ccccc2N)ncc1Br. The molecule has 0 amide bonds. The van der Waals surface area contributed by atoms with E-state index in [9.17, 15) is 0 Å². The highest BCUT2D eigenvalue weighted by Crippen LogP contribution is 2.19. The van der Waals surface area contributed by atoms with Crippen molar-refractivity contribution in [3.05, 3.63) is 46.6 Å². The number of hydrogen-bond acceptors (Lipinski definition) is 4. The molecular weight excluding hydrogens is 306 g/mol. The number of nitrogens with one attached hydrogen (secondary N) is 1. The molecule has 0 aliphatic rings. The van der Waals surface area contributed by atoms with Gasteiger partial charge in [0.2, 0.25) is 0 Å². The number of pyridine rings is 1. The number of nitrogens with two attached hydrogens (primary N) is 1. The average molecular weight is 322 g/mol. The Morgan fingerprint density at radius 1 is 1.37 bits per heavy atom. The normalized spacial score (nSPS) is 10.2. The summed E-state index contributed by atoms with van der Waals surface area (Å²) in [5.74, 6) is 1.55. The van der Waals surface area contributed by atoms with Crippen LogP contribution in [0.3, 0.4) is 0 Å². The Hall–Kier alpha value is -1.75. The lowest BCUT2D eigenvalue weighted by atomic mass is 10.3. The molecule has 2 aromatic rings. The second kappa shape index (κ2) is 6.43. The van der Waals surface area contributed by atoms with Crippen LogP contribution in [-0.2, 0) is 0 Å². The number of rotatable bonds is 5. The molecule has 5 heteroatoms. The van der Waals surface area contributed by atoms with E-state index in [2.05, 4.69) is 26.2 Å². The summed E-state index contributed by atoms with van der Waals surface area (Å²) in [5, 5.41) is 3.20. The number of nitrogens with zero attached hydrogens (tertiary/aromatic N) is 1. The van der Waals surface area contributed by atoms with Gasteiger partial charge in [-0.2, -0.15) is 0 Å². The Bertz CT molecular complexity index is 560. The van der Waals surface area contributed by atoms with Gasteiger partial charge in [0.25, 0.3) is 0 Å². The minimum Gasteiger partial charge on any atom is -0.490 e. The lowest BCUT2D eigenvalue weighted by molar-refractivity contribution is 0.334. The lowest BCUT2D eigenvalue weighted by Crippen LogP contribution is -2.13. The van der Waals surface area contributed by atoms with Crippen LogP contribution in [0.15, 0.2) is 41.0 Å². The molecule has 0 radical (unpaired) electrons. The minimum atomic E-state index is 0.533. The van der Waals surface area contributed by atoms with E-state index in [1.807, 2.05) is 37.3 Å². The minimum absolute atomic E-state index is 0.533. The topological polar surface area (TPSA) is 60.2 Å². The Morgan fingerprint density at radius 3 is 2.89 bits per heavy atom. The Kier molecular flexibility index (Phi) is 4.63. The lowest BCUT2D eigenvalue weighted by Gasteiger charge is -2.10. The summed E-state index contributed by atoms with van der Waals surface area (Å²) < 4.78 is 6.59. The molecule has 0 spiro atoms. The number of benzene rings is 1. The maximum Gasteiger partial charge on any atom is 0.142 e. The van der Waals surface area contributed by atoms with Crippen molar-refractivity contribution in [3.63, 3.8) is 0 Å². The molecule has 0 aliphatic carbocycles. The number of aryl methyl sites for hydroxylation is 1. The molecule has 0 bridgehead atoms. The van der Waals surface area contributed by atoms with Crippen LogP contribution in [0.5, 0.6) is 5.75 Å². The number of hydrogen-bond donors (Lipinski definition) is 2. The van der Waals surface area contributed by atoms with E-state index in [-0.39, 0.29) is 0 Å². The van der Waals surface area contributed by atoms with E-state index in [1.54, 1.807) is 6.20 Å². The molecular formula is C14H16BrN3O. The van der Waals surface area contributed by atoms with E-state index in [4.69, 9.17) is 10.5 Å². The van der Waals surface area contributed by atoms with Crippen molar-refractivity contribution in [1.82, 2.24) is 4.98 Å². The first kappa shape index (κ1) is 13.7. The van der Waals surface area contributed by atoms with Gasteiger partial charge in [0.15, 0.2) is 0 Å². The standard InChI is InChI=1S/C14H16BrN3O/c1-10-8-14(18-9-11(10)15)17-6-7-19-13-5-3-2-4-12(13)16/h2-5,8-9H,6-7,16H2,1H3,(H,17,18). The Balaban J connectivity index is 1.81. The van der Waals surface area contributed by atoms with Gasteiger partial charge in [-0.1, -0.05) is 12.1 Å². The summed E-state index contributed by atoms with van der Waals surface area (Å²) in [4.78, 5) is 4.26. The zero-order valence-corrected chi connectivity index (χ0v) is 12.3. The van der Waals surface area contributed by atoms with E-state index < -0.39 is 0 Å². The molecule has 1 heterocycles. The predicted molar refractivity (Wildman–Crippen MR) is 81.5 cm³/mol. The summed E-state index contributed by atoms with van der Waals surface area (Å²) >= 11 is 3.42. The van der Waals surface area contributed by atoms with Crippen LogP contribution < -0.4 is 15.8 Å². The quantitative estimate of drug-likeness (QED) is 0.655. The number of nitrogen functional groups attached to an aromatic ring is 1. The molecule has 0 unspecified atom stereocenters. The van der Waals surface area contributed by atoms with Gasteiger partial charge in [-0.25, -0.2) is 4.98 Å². The number of anilines is 2. The van der Waals surface area contributed by atoms with Crippen molar-refractivity contribution in [3.8, 4) is 5.75 Å². The fourth-order valence-corrected chi connectivity index (χ4v) is 1.80. The van der Waals surface area contributed by atoms with E-state index in [1.165, 1.54) is 0 Å². The van der Waals surface area contributed by atoms with Crippen molar-refractivity contribution in [2.24, 2.45) is 0 Å². The van der Waals surface area contributed by atoms with E-state index in [0.29, 0.717) is 24.6 Å². The van der Waals surface area contributed by atoms with Gasteiger partial charge in [0.1, 0.15) is 18.2 Å². The molecule has 1 aromatic carbocycles. The fourth-order valence-electron chi connectivity index (χ4n) is 1.59. The Morgan fingerprint density at radius 2 is 2.16 bits per heavy atom. The van der Waals surface area contributed by atoms with Crippen LogP contribution >= 0.6 is 15.9 Å². The molecule has 100 valence electrons. The third-order valence-corrected chi connectivity index (χ3v) is 3.46. The molecule has 2 rings (SSSR count). The van der Waals surface area contributed by atoms with Gasteiger partial charge in [-0.15, -0.1) is 0 Å². The first-order chi connectivity index (χ1) is 9.16. The monoisotopic (exact) mass is 321 g/mol. The molecule has 0 aliphatic heterocycles. The largest absolute Gasteiger partial charge is 0.490 e. The highest BCUT2D eigenvalue weighted by molar-refractivity contribution is 9.10. The number of aromatic nitrogens is 1. The summed E-state index contributed by atoms with van der Waals surface area (Å²) in [5.41, 5.74) is 7.58. The van der Waals surface area contributed by atoms with Crippen molar-refractivity contribution < 1.29 is 4.74 Å². The third-order valence-electron chi connectivity index (χ3n) is 2.63. The van der Waals surface area contributed by atoms with Crippen molar-refractivity contribution in [1.29, 1.82) is 0 Å². The molecule has 19 heavy (non-hydrogen) atoms. The predicted octanol–water partition coefficient (Wildman–Crippen LogP) is 3.23. The molecule has 3 N–H and O–H groups in total. The third kappa shape index (κ3) is 3.86. The summed E-state index contributed by atoms with van der Waals surface area (Å²) in [6.45, 7) is 3.23. The average Bonchev–Trinajstić information content (AvgIpc) is 2.40. The van der Waals surface area contributed by atoms with Crippen LogP contribution in [0.4, 0.5) is 11.5 Å². The van der Waals surface area contributed by atoms with Crippen LogP contribution in [0, 0.1) is 6.92 Å². The first-order valence-electron chi connectivity index (χ1n) is 6.00. The number of para-hydroxylation sites is 2. The summed E-state index contributed by atoms with van der Waals surface area (Å²) in [6.07, 6.45) is 1.79. The van der Waals surface area contributed by atoms with Crippen molar-refractivity contribution in [2.75, 3.05) is 24.2 Å². The smallest absolute Gasteiger partial charge is 0.142 e. The maximum atomic E-state index is 5.79. The zero-order chi connectivity index (χ0) is 13.7. The van der Waals surface area contributed by atoms with Crippen LogP contribution in [0.2, 0.25) is 0 Å². The summed E-state index contributed by atoms with van der Waals surface area (Å²) in [7, 11) is 0. The van der Waals surface area contributed by atoms with Gasteiger partial charge in [-0.05, 0) is 46.6 Å². The van der Waals surface area contributed by atoms with Gasteiger partial charge in [0, 0.05) is 10.7 Å². The van der Waals surface area contributed by atoms with E-state index >= 15 is 0 Å². The van der Waals surface area contributed by atoms with Crippen molar-refractivity contribution >= 4 is 27.4 Å². The second-order valence-electron chi connectivity index (χ2n) is 4.13. The highest BCUT2D eigenvalue weighted by Gasteiger charge is 2.00. The van der Waals surface area contributed by atoms with Crippen LogP contribution in [0.25, 0.3) is 0 Å². The van der Waals surface area contributed by atoms with E-state index in [0.717, 1.165) is 15.9 Å². The molecule has 0 fully saturated rings. The van der Waals surface area contributed by atoms with Crippen molar-refractivity contribution in [2.45, 2.75) is 6.92 Å². The zero-order valence-electron chi connectivity index (χ0n) is 10.7. The van der Waals surface area contributed by atoms with Crippen LogP contribution in [-0.4, -0.2) is 18.1 Å².